The van der Waals surface area contributed by atoms with E-state index in [4.69, 9.17) is 5.41 Å². The zero-order chi connectivity index (χ0) is 12.5. The Morgan fingerprint density at radius 3 is 2.35 bits per heavy atom. The molecule has 0 aromatic heterocycles. The van der Waals surface area contributed by atoms with Crippen LogP contribution in [-0.2, 0) is 9.84 Å². The van der Waals surface area contributed by atoms with E-state index in [1.165, 1.54) is 19.3 Å². The van der Waals surface area contributed by atoms with Gasteiger partial charge in [0, 0.05) is 19.0 Å². The minimum atomic E-state index is -2.84. The van der Waals surface area contributed by atoms with Gasteiger partial charge in [0.25, 0.3) is 0 Å². The summed E-state index contributed by atoms with van der Waals surface area (Å²) in [5.41, 5.74) is 0. The highest BCUT2D eigenvalue weighted by Gasteiger charge is 2.33. The molecule has 0 spiro atoms. The van der Waals surface area contributed by atoms with Crippen molar-refractivity contribution in [3.8, 4) is 0 Å². The highest BCUT2D eigenvalue weighted by Crippen LogP contribution is 2.27. The monoisotopic (exact) mass is 258 g/mol. The number of amidine groups is 1. The average Bonchev–Trinajstić information content (AvgIpc) is 2.69. The van der Waals surface area contributed by atoms with Gasteiger partial charge in [0.1, 0.15) is 0 Å². The summed E-state index contributed by atoms with van der Waals surface area (Å²) in [6.07, 6.45) is 6.60. The molecule has 4 nitrogen and oxygen atoms in total. The number of hydrogen-bond donors (Lipinski definition) is 1. The van der Waals surface area contributed by atoms with Crippen molar-refractivity contribution in [2.24, 2.45) is 5.92 Å². The summed E-state index contributed by atoms with van der Waals surface area (Å²) in [5, 5.41) is 8.21. The molecule has 1 N–H and O–H groups in total. The lowest BCUT2D eigenvalue weighted by atomic mass is 9.87. The van der Waals surface area contributed by atoms with Crippen molar-refractivity contribution in [1.82, 2.24) is 4.90 Å². The topological polar surface area (TPSA) is 61.2 Å². The van der Waals surface area contributed by atoms with Crippen molar-refractivity contribution in [3.05, 3.63) is 0 Å². The molecule has 1 unspecified atom stereocenters. The van der Waals surface area contributed by atoms with Gasteiger partial charge in [-0.15, -0.1) is 0 Å². The Labute approximate surface area is 104 Å². The van der Waals surface area contributed by atoms with E-state index in [2.05, 4.69) is 0 Å². The Morgan fingerprint density at radius 2 is 1.82 bits per heavy atom. The zero-order valence-electron chi connectivity index (χ0n) is 10.5. The Bertz CT molecular complexity index is 385. The Balaban J connectivity index is 1.95. The molecule has 1 heterocycles. The first-order valence-electron chi connectivity index (χ1n) is 6.51. The molecule has 1 saturated carbocycles. The molecule has 1 aliphatic heterocycles. The van der Waals surface area contributed by atoms with E-state index in [-0.39, 0.29) is 11.8 Å². The number of sulfone groups is 1. The summed E-state index contributed by atoms with van der Waals surface area (Å²) < 4.78 is 22.9. The maximum absolute atomic E-state index is 11.4. The van der Waals surface area contributed by atoms with Gasteiger partial charge in [0.2, 0.25) is 0 Å². The van der Waals surface area contributed by atoms with Gasteiger partial charge in [-0.2, -0.15) is 0 Å². The molecule has 2 fully saturated rings. The standard InChI is InChI=1S/C12H22N2O2S/c1-14(11-7-8-17(15,16)9-11)12(13)10-5-3-2-4-6-10/h10-11,13H,2-9H2,1H3. The molecule has 0 amide bonds. The molecule has 5 heteroatoms. The number of nitrogens with one attached hydrogen (secondary N) is 1. The van der Waals surface area contributed by atoms with E-state index < -0.39 is 9.84 Å². The van der Waals surface area contributed by atoms with Crippen molar-refractivity contribution >= 4 is 15.7 Å². The van der Waals surface area contributed by atoms with E-state index in [0.717, 1.165) is 12.8 Å². The number of nitrogens with zero attached hydrogens (tertiary/aromatic N) is 1. The molecule has 98 valence electrons. The highest BCUT2D eigenvalue weighted by atomic mass is 32.2. The quantitative estimate of drug-likeness (QED) is 0.605. The first-order chi connectivity index (χ1) is 7.99. The van der Waals surface area contributed by atoms with Crippen LogP contribution in [0.1, 0.15) is 38.5 Å². The molecule has 1 atom stereocenters. The van der Waals surface area contributed by atoms with Crippen LogP contribution in [0.15, 0.2) is 0 Å². The first kappa shape index (κ1) is 12.9. The predicted octanol–water partition coefficient (Wildman–Crippen LogP) is 1.66. The van der Waals surface area contributed by atoms with Gasteiger partial charge >= 0.3 is 0 Å². The summed E-state index contributed by atoms with van der Waals surface area (Å²) >= 11 is 0. The molecule has 17 heavy (non-hydrogen) atoms. The summed E-state index contributed by atoms with van der Waals surface area (Å²) in [5.74, 6) is 1.54. The van der Waals surface area contributed by atoms with Gasteiger partial charge in [-0.1, -0.05) is 19.3 Å². The molecular formula is C12H22N2O2S. The van der Waals surface area contributed by atoms with Crippen molar-refractivity contribution in [2.45, 2.75) is 44.6 Å². The largest absolute Gasteiger partial charge is 0.359 e. The lowest BCUT2D eigenvalue weighted by Crippen LogP contribution is -2.41. The molecule has 2 aliphatic rings. The van der Waals surface area contributed by atoms with Gasteiger partial charge < -0.3 is 4.90 Å². The number of rotatable bonds is 2. The van der Waals surface area contributed by atoms with Crippen molar-refractivity contribution in [2.75, 3.05) is 18.6 Å². The lowest BCUT2D eigenvalue weighted by Gasteiger charge is -2.32. The second-order valence-corrected chi connectivity index (χ2v) is 7.62. The van der Waals surface area contributed by atoms with E-state index in [1.807, 2.05) is 11.9 Å². The second-order valence-electron chi connectivity index (χ2n) is 5.39. The van der Waals surface area contributed by atoms with Gasteiger partial charge in [0.05, 0.1) is 17.3 Å². The molecule has 0 bridgehead atoms. The Hall–Kier alpha value is -0.580. The van der Waals surface area contributed by atoms with Crippen LogP contribution >= 0.6 is 0 Å². The fraction of sp³-hybridized carbons (Fsp3) is 0.917. The van der Waals surface area contributed by atoms with E-state index in [1.54, 1.807) is 0 Å². The minimum absolute atomic E-state index is 0.0365. The van der Waals surface area contributed by atoms with Crippen LogP contribution in [0.5, 0.6) is 0 Å². The molecule has 0 aromatic carbocycles. The normalized spacial score (nSPS) is 29.1. The third-order valence-electron chi connectivity index (χ3n) is 4.13. The molecule has 2 rings (SSSR count). The maximum atomic E-state index is 11.4. The maximum Gasteiger partial charge on any atom is 0.152 e. The summed E-state index contributed by atoms with van der Waals surface area (Å²) in [6.45, 7) is 0. The zero-order valence-corrected chi connectivity index (χ0v) is 11.3. The third-order valence-corrected chi connectivity index (χ3v) is 5.88. The highest BCUT2D eigenvalue weighted by molar-refractivity contribution is 7.91. The van der Waals surface area contributed by atoms with E-state index >= 15 is 0 Å². The predicted molar refractivity (Wildman–Crippen MR) is 69.1 cm³/mol. The third kappa shape index (κ3) is 3.00. The van der Waals surface area contributed by atoms with Crippen LogP contribution < -0.4 is 0 Å². The molecule has 0 radical (unpaired) electrons. The van der Waals surface area contributed by atoms with Crippen LogP contribution in [-0.4, -0.2) is 43.7 Å². The summed E-state index contributed by atoms with van der Waals surface area (Å²) in [7, 11) is -0.952. The van der Waals surface area contributed by atoms with Crippen LogP contribution in [0.3, 0.4) is 0 Å². The molecular weight excluding hydrogens is 236 g/mol. The molecule has 0 aromatic rings. The molecule has 1 saturated heterocycles. The summed E-state index contributed by atoms with van der Waals surface area (Å²) in [6, 6.07) is 0.0365. The Morgan fingerprint density at radius 1 is 1.18 bits per heavy atom. The Kier molecular flexibility index (Phi) is 3.76. The van der Waals surface area contributed by atoms with Crippen LogP contribution in [0.4, 0.5) is 0 Å². The minimum Gasteiger partial charge on any atom is -0.359 e. The smallest absolute Gasteiger partial charge is 0.152 e. The molecule has 1 aliphatic carbocycles. The average molecular weight is 258 g/mol. The van der Waals surface area contributed by atoms with Gasteiger partial charge in [-0.25, -0.2) is 8.42 Å². The van der Waals surface area contributed by atoms with Gasteiger partial charge in [-0.05, 0) is 19.3 Å². The van der Waals surface area contributed by atoms with E-state index in [0.29, 0.717) is 23.9 Å². The fourth-order valence-electron chi connectivity index (χ4n) is 2.94. The van der Waals surface area contributed by atoms with Crippen molar-refractivity contribution < 1.29 is 8.42 Å². The van der Waals surface area contributed by atoms with Crippen molar-refractivity contribution in [3.63, 3.8) is 0 Å². The summed E-state index contributed by atoms with van der Waals surface area (Å²) in [4.78, 5) is 1.92. The SMILES string of the molecule is CN(C(=N)C1CCCCC1)C1CCS(=O)(=O)C1. The van der Waals surface area contributed by atoms with Crippen molar-refractivity contribution in [1.29, 1.82) is 5.41 Å². The van der Waals surface area contributed by atoms with E-state index in [9.17, 15) is 8.42 Å². The van der Waals surface area contributed by atoms with Crippen LogP contribution in [0.25, 0.3) is 0 Å². The first-order valence-corrected chi connectivity index (χ1v) is 8.33. The van der Waals surface area contributed by atoms with Crippen LogP contribution in [0, 0.1) is 11.3 Å². The fourth-order valence-corrected chi connectivity index (χ4v) is 4.72. The van der Waals surface area contributed by atoms with Gasteiger partial charge in [0.15, 0.2) is 9.84 Å². The van der Waals surface area contributed by atoms with Gasteiger partial charge in [-0.3, -0.25) is 5.41 Å². The van der Waals surface area contributed by atoms with Crippen LogP contribution in [0.2, 0.25) is 0 Å². The number of hydrogen-bond acceptors (Lipinski definition) is 3. The second kappa shape index (κ2) is 4.96. The lowest BCUT2D eigenvalue weighted by molar-refractivity contribution is 0.340.